The van der Waals surface area contributed by atoms with E-state index in [1.807, 2.05) is 0 Å². The van der Waals surface area contributed by atoms with Crippen molar-refractivity contribution in [1.82, 2.24) is 5.32 Å². The molecule has 6 nitrogen and oxygen atoms in total. The Labute approximate surface area is 139 Å². The number of anilines is 1. The summed E-state index contributed by atoms with van der Waals surface area (Å²) in [6.07, 6.45) is -0.948. The van der Waals surface area contributed by atoms with Crippen LogP contribution in [0.5, 0.6) is 11.5 Å². The third-order valence-corrected chi connectivity index (χ3v) is 3.37. The van der Waals surface area contributed by atoms with E-state index in [1.165, 1.54) is 32.4 Å². The summed E-state index contributed by atoms with van der Waals surface area (Å²) in [6, 6.07) is 10.2. The van der Waals surface area contributed by atoms with E-state index in [9.17, 15) is 14.3 Å². The van der Waals surface area contributed by atoms with Gasteiger partial charge in [0.2, 0.25) is 0 Å². The second-order valence-corrected chi connectivity index (χ2v) is 4.95. The summed E-state index contributed by atoms with van der Waals surface area (Å²) in [5.41, 5.74) is 0.620. The van der Waals surface area contributed by atoms with Crippen molar-refractivity contribution in [2.45, 2.75) is 6.10 Å². The van der Waals surface area contributed by atoms with E-state index in [2.05, 4.69) is 10.6 Å². The molecule has 2 aromatic rings. The number of rotatable bonds is 6. The first kappa shape index (κ1) is 17.6. The van der Waals surface area contributed by atoms with E-state index >= 15 is 0 Å². The molecule has 0 fully saturated rings. The standard InChI is InChI=1S/C17H19FN2O4/c1-23-15-8-7-11(9-16(15)24-2)14(21)10-19-17(22)20-13-6-4-3-5-12(13)18/h3-9,14,21H,10H2,1-2H3,(H2,19,20,22). The molecule has 2 rings (SSSR count). The van der Waals surface area contributed by atoms with Crippen molar-refractivity contribution in [2.75, 3.05) is 26.1 Å². The van der Waals surface area contributed by atoms with Gasteiger partial charge in [0.05, 0.1) is 26.0 Å². The Balaban J connectivity index is 1.94. The van der Waals surface area contributed by atoms with Crippen LogP contribution >= 0.6 is 0 Å². The molecule has 0 aromatic heterocycles. The summed E-state index contributed by atoms with van der Waals surface area (Å²) in [7, 11) is 3.01. The minimum Gasteiger partial charge on any atom is -0.493 e. The van der Waals surface area contributed by atoms with Gasteiger partial charge in [0.25, 0.3) is 0 Å². The second-order valence-electron chi connectivity index (χ2n) is 4.95. The van der Waals surface area contributed by atoms with Gasteiger partial charge in [0.15, 0.2) is 11.5 Å². The number of amides is 2. The predicted molar refractivity (Wildman–Crippen MR) is 87.9 cm³/mol. The minimum absolute atomic E-state index is 0.0459. The molecule has 0 saturated heterocycles. The third kappa shape index (κ3) is 4.36. The number of urea groups is 1. The molecule has 0 saturated carbocycles. The van der Waals surface area contributed by atoms with E-state index in [1.54, 1.807) is 24.3 Å². The van der Waals surface area contributed by atoms with Crippen LogP contribution in [0.1, 0.15) is 11.7 Å². The van der Waals surface area contributed by atoms with Crippen molar-refractivity contribution < 1.29 is 23.8 Å². The van der Waals surface area contributed by atoms with Crippen LogP contribution in [-0.4, -0.2) is 31.9 Å². The number of ether oxygens (including phenoxy) is 2. The zero-order valence-corrected chi connectivity index (χ0v) is 13.4. The van der Waals surface area contributed by atoms with Crippen LogP contribution in [-0.2, 0) is 0 Å². The molecule has 7 heteroatoms. The largest absolute Gasteiger partial charge is 0.493 e. The normalized spacial score (nSPS) is 11.5. The highest BCUT2D eigenvalue weighted by atomic mass is 19.1. The van der Waals surface area contributed by atoms with Gasteiger partial charge in [-0.2, -0.15) is 0 Å². The van der Waals surface area contributed by atoms with Gasteiger partial charge in [0.1, 0.15) is 5.82 Å². The van der Waals surface area contributed by atoms with Crippen LogP contribution in [0.25, 0.3) is 0 Å². The maximum absolute atomic E-state index is 13.5. The minimum atomic E-state index is -0.948. The molecule has 0 aliphatic carbocycles. The summed E-state index contributed by atoms with van der Waals surface area (Å²) >= 11 is 0. The van der Waals surface area contributed by atoms with E-state index in [-0.39, 0.29) is 12.2 Å². The Kier molecular flexibility index (Phi) is 5.97. The fourth-order valence-corrected chi connectivity index (χ4v) is 2.10. The Hall–Kier alpha value is -2.80. The average molecular weight is 334 g/mol. The molecule has 2 amide bonds. The molecule has 0 radical (unpaired) electrons. The smallest absolute Gasteiger partial charge is 0.319 e. The first-order valence-corrected chi connectivity index (χ1v) is 7.24. The van der Waals surface area contributed by atoms with Gasteiger partial charge in [-0.3, -0.25) is 0 Å². The van der Waals surface area contributed by atoms with Crippen molar-refractivity contribution in [3.63, 3.8) is 0 Å². The number of methoxy groups -OCH3 is 2. The highest BCUT2D eigenvalue weighted by Gasteiger charge is 2.13. The number of hydrogen-bond donors (Lipinski definition) is 3. The highest BCUT2D eigenvalue weighted by Crippen LogP contribution is 2.29. The fraction of sp³-hybridized carbons (Fsp3) is 0.235. The Morgan fingerprint density at radius 3 is 2.54 bits per heavy atom. The fourth-order valence-electron chi connectivity index (χ4n) is 2.10. The van der Waals surface area contributed by atoms with Crippen LogP contribution in [0.4, 0.5) is 14.9 Å². The van der Waals surface area contributed by atoms with Gasteiger partial charge < -0.3 is 25.2 Å². The number of aliphatic hydroxyl groups is 1. The number of benzene rings is 2. The maximum Gasteiger partial charge on any atom is 0.319 e. The van der Waals surface area contributed by atoms with Gasteiger partial charge in [-0.05, 0) is 29.8 Å². The van der Waals surface area contributed by atoms with Gasteiger partial charge in [0, 0.05) is 6.54 Å². The molecular weight excluding hydrogens is 315 g/mol. The second kappa shape index (κ2) is 8.16. The highest BCUT2D eigenvalue weighted by molar-refractivity contribution is 5.89. The summed E-state index contributed by atoms with van der Waals surface area (Å²) < 4.78 is 23.7. The first-order valence-electron chi connectivity index (χ1n) is 7.24. The first-order chi connectivity index (χ1) is 11.5. The average Bonchev–Trinajstić information content (AvgIpc) is 2.61. The number of aliphatic hydroxyl groups excluding tert-OH is 1. The van der Waals surface area contributed by atoms with E-state index < -0.39 is 18.0 Å². The van der Waals surface area contributed by atoms with Crippen molar-refractivity contribution in [2.24, 2.45) is 0 Å². The molecule has 3 N–H and O–H groups in total. The predicted octanol–water partition coefficient (Wildman–Crippen LogP) is 2.70. The summed E-state index contributed by atoms with van der Waals surface area (Å²) in [4.78, 5) is 11.8. The number of carbonyl (C=O) groups excluding carboxylic acids is 1. The Bertz CT molecular complexity index is 709. The van der Waals surface area contributed by atoms with Crippen LogP contribution in [0.2, 0.25) is 0 Å². The van der Waals surface area contributed by atoms with Crippen LogP contribution in [0.15, 0.2) is 42.5 Å². The molecular formula is C17H19FN2O4. The van der Waals surface area contributed by atoms with Crippen LogP contribution in [0.3, 0.4) is 0 Å². The molecule has 0 spiro atoms. The maximum atomic E-state index is 13.5. The number of nitrogens with one attached hydrogen (secondary N) is 2. The summed E-state index contributed by atoms with van der Waals surface area (Å²) in [6.45, 7) is -0.0459. The van der Waals surface area contributed by atoms with Crippen molar-refractivity contribution in [1.29, 1.82) is 0 Å². The van der Waals surface area contributed by atoms with Crippen molar-refractivity contribution in [3.8, 4) is 11.5 Å². The summed E-state index contributed by atoms with van der Waals surface area (Å²) in [5, 5.41) is 15.0. The Morgan fingerprint density at radius 1 is 1.17 bits per heavy atom. The molecule has 0 bridgehead atoms. The molecule has 1 atom stereocenters. The molecule has 2 aromatic carbocycles. The molecule has 128 valence electrons. The lowest BCUT2D eigenvalue weighted by Crippen LogP contribution is -2.32. The Morgan fingerprint density at radius 2 is 1.88 bits per heavy atom. The lowest BCUT2D eigenvalue weighted by Gasteiger charge is -2.15. The van der Waals surface area contributed by atoms with E-state index in [0.29, 0.717) is 17.1 Å². The molecule has 1 unspecified atom stereocenters. The number of hydrogen-bond acceptors (Lipinski definition) is 4. The lowest BCUT2D eigenvalue weighted by molar-refractivity contribution is 0.174. The van der Waals surface area contributed by atoms with E-state index in [0.717, 1.165) is 0 Å². The third-order valence-electron chi connectivity index (χ3n) is 3.37. The van der Waals surface area contributed by atoms with Crippen LogP contribution < -0.4 is 20.1 Å². The summed E-state index contributed by atoms with van der Waals surface area (Å²) in [5.74, 6) is 0.483. The SMILES string of the molecule is COc1ccc(C(O)CNC(=O)Nc2ccccc2F)cc1OC. The number of carbonyl (C=O) groups is 1. The zero-order chi connectivity index (χ0) is 17.5. The quantitative estimate of drug-likeness (QED) is 0.759. The molecule has 0 aliphatic heterocycles. The van der Waals surface area contributed by atoms with Gasteiger partial charge in [-0.1, -0.05) is 18.2 Å². The zero-order valence-electron chi connectivity index (χ0n) is 13.4. The topological polar surface area (TPSA) is 79.8 Å². The molecule has 0 heterocycles. The van der Waals surface area contributed by atoms with E-state index in [4.69, 9.17) is 9.47 Å². The van der Waals surface area contributed by atoms with Crippen LogP contribution in [0, 0.1) is 5.82 Å². The lowest BCUT2D eigenvalue weighted by atomic mass is 10.1. The number of para-hydroxylation sites is 1. The van der Waals surface area contributed by atoms with Crippen molar-refractivity contribution in [3.05, 3.63) is 53.8 Å². The monoisotopic (exact) mass is 334 g/mol. The number of halogens is 1. The molecule has 0 aliphatic rings. The van der Waals surface area contributed by atoms with Gasteiger partial charge >= 0.3 is 6.03 Å². The van der Waals surface area contributed by atoms with Gasteiger partial charge in [-0.25, -0.2) is 9.18 Å². The van der Waals surface area contributed by atoms with Crippen molar-refractivity contribution >= 4 is 11.7 Å². The van der Waals surface area contributed by atoms with Gasteiger partial charge in [-0.15, -0.1) is 0 Å². The molecule has 24 heavy (non-hydrogen) atoms.